The van der Waals surface area contributed by atoms with Crippen LogP contribution in [0.5, 0.6) is 0 Å². The summed E-state index contributed by atoms with van der Waals surface area (Å²) in [4.78, 5) is 27.5. The normalized spacial score (nSPS) is 17.8. The van der Waals surface area contributed by atoms with Gasteiger partial charge in [-0.25, -0.2) is 4.39 Å². The van der Waals surface area contributed by atoms with Crippen LogP contribution in [-0.2, 0) is 9.59 Å². The van der Waals surface area contributed by atoms with Crippen LogP contribution in [-0.4, -0.2) is 16.8 Å². The molecule has 0 aliphatic carbocycles. The predicted octanol–water partition coefficient (Wildman–Crippen LogP) is 6.38. The van der Waals surface area contributed by atoms with Crippen LogP contribution in [0.2, 0.25) is 10.0 Å². The Morgan fingerprint density at radius 2 is 1.62 bits per heavy atom. The lowest BCUT2D eigenvalue weighted by Crippen LogP contribution is -2.29. The van der Waals surface area contributed by atoms with Crippen molar-refractivity contribution >= 4 is 46.3 Å². The summed E-state index contributed by atoms with van der Waals surface area (Å²) in [6.07, 6.45) is 0. The Bertz CT molecular complexity index is 1280. The Labute approximate surface area is 194 Å². The summed E-state index contributed by atoms with van der Waals surface area (Å²) in [6.45, 7) is 3.67. The molecule has 1 aliphatic rings. The third-order valence-electron chi connectivity index (χ3n) is 5.46. The third-order valence-corrected chi connectivity index (χ3v) is 6.20. The molecule has 1 aliphatic heterocycles. The molecule has 3 aromatic rings. The van der Waals surface area contributed by atoms with Crippen molar-refractivity contribution < 1.29 is 19.1 Å². The van der Waals surface area contributed by atoms with Crippen LogP contribution < -0.4 is 4.90 Å². The van der Waals surface area contributed by atoms with Crippen LogP contribution >= 0.6 is 23.2 Å². The van der Waals surface area contributed by atoms with E-state index in [-0.39, 0.29) is 16.4 Å². The summed E-state index contributed by atoms with van der Waals surface area (Å²) in [5.41, 5.74) is 2.79. The first-order valence-corrected chi connectivity index (χ1v) is 10.5. The Morgan fingerprint density at radius 1 is 0.938 bits per heavy atom. The maximum atomic E-state index is 13.5. The number of hydrogen-bond acceptors (Lipinski definition) is 3. The lowest BCUT2D eigenvalue weighted by molar-refractivity contribution is -0.132. The van der Waals surface area contributed by atoms with Gasteiger partial charge in [0.1, 0.15) is 11.6 Å². The number of rotatable bonds is 3. The van der Waals surface area contributed by atoms with Crippen molar-refractivity contribution in [3.05, 3.63) is 104 Å². The number of ketones is 1. The summed E-state index contributed by atoms with van der Waals surface area (Å²) < 4.78 is 13.5. The first-order valence-electron chi connectivity index (χ1n) is 9.78. The second-order valence-corrected chi connectivity index (χ2v) is 8.45. The second kappa shape index (κ2) is 8.41. The highest BCUT2D eigenvalue weighted by Crippen LogP contribution is 2.43. The minimum Gasteiger partial charge on any atom is -0.507 e. The minimum atomic E-state index is -0.977. The van der Waals surface area contributed by atoms with Crippen molar-refractivity contribution in [2.45, 2.75) is 19.9 Å². The van der Waals surface area contributed by atoms with Gasteiger partial charge in [0.05, 0.1) is 21.7 Å². The van der Waals surface area contributed by atoms with Gasteiger partial charge in [-0.05, 0) is 67.4 Å². The first kappa shape index (κ1) is 22.1. The molecule has 1 fully saturated rings. The van der Waals surface area contributed by atoms with Gasteiger partial charge >= 0.3 is 0 Å². The maximum Gasteiger partial charge on any atom is 0.300 e. The van der Waals surface area contributed by atoms with E-state index in [2.05, 4.69) is 0 Å². The second-order valence-electron chi connectivity index (χ2n) is 7.64. The van der Waals surface area contributed by atoms with E-state index in [0.717, 1.165) is 11.1 Å². The Morgan fingerprint density at radius 3 is 2.28 bits per heavy atom. The number of amides is 1. The molecule has 7 heteroatoms. The fourth-order valence-electron chi connectivity index (χ4n) is 3.83. The molecule has 1 atom stereocenters. The highest BCUT2D eigenvalue weighted by atomic mass is 35.5. The molecule has 1 amide bonds. The third kappa shape index (κ3) is 3.78. The molecule has 1 heterocycles. The van der Waals surface area contributed by atoms with E-state index in [1.165, 1.54) is 29.2 Å². The van der Waals surface area contributed by atoms with Crippen LogP contribution in [0, 0.1) is 19.7 Å². The number of aryl methyl sites for hydroxylation is 2. The van der Waals surface area contributed by atoms with Crippen molar-refractivity contribution in [2.75, 3.05) is 4.90 Å². The Balaban J connectivity index is 1.99. The Kier molecular flexibility index (Phi) is 5.80. The Hall–Kier alpha value is -3.15. The molecule has 32 heavy (non-hydrogen) atoms. The molecule has 0 saturated carbocycles. The van der Waals surface area contributed by atoms with Gasteiger partial charge in [-0.15, -0.1) is 0 Å². The summed E-state index contributed by atoms with van der Waals surface area (Å²) in [5.74, 6) is -2.44. The van der Waals surface area contributed by atoms with Crippen LogP contribution in [0.15, 0.2) is 66.2 Å². The quantitative estimate of drug-likeness (QED) is 0.275. The van der Waals surface area contributed by atoms with E-state index in [1.54, 1.807) is 31.2 Å². The number of halogens is 3. The molecular formula is C25H18Cl2FNO3. The van der Waals surface area contributed by atoms with Crippen molar-refractivity contribution in [1.82, 2.24) is 0 Å². The highest BCUT2D eigenvalue weighted by molar-refractivity contribution is 6.51. The van der Waals surface area contributed by atoms with Crippen molar-refractivity contribution in [2.24, 2.45) is 0 Å². The number of Topliss-reactive ketones (excluding diaryl/α,β-unsaturated/α-hetero) is 1. The van der Waals surface area contributed by atoms with Crippen molar-refractivity contribution in [3.8, 4) is 0 Å². The largest absolute Gasteiger partial charge is 0.507 e. The minimum absolute atomic E-state index is 0.0774. The zero-order valence-electron chi connectivity index (χ0n) is 17.2. The van der Waals surface area contributed by atoms with Crippen LogP contribution in [0.4, 0.5) is 10.1 Å². The average molecular weight is 470 g/mol. The predicted molar refractivity (Wildman–Crippen MR) is 124 cm³/mol. The number of aliphatic hydroxyl groups excluding tert-OH is 1. The smallest absolute Gasteiger partial charge is 0.300 e. The van der Waals surface area contributed by atoms with Gasteiger partial charge in [-0.1, -0.05) is 47.0 Å². The number of aliphatic hydroxyl groups is 1. The van der Waals surface area contributed by atoms with Crippen LogP contribution in [0.25, 0.3) is 5.76 Å². The van der Waals surface area contributed by atoms with Crippen LogP contribution in [0.1, 0.15) is 28.3 Å². The lowest BCUT2D eigenvalue weighted by atomic mass is 9.93. The van der Waals surface area contributed by atoms with E-state index < -0.39 is 23.5 Å². The molecule has 0 spiro atoms. The monoisotopic (exact) mass is 469 g/mol. The van der Waals surface area contributed by atoms with Gasteiger partial charge in [0.15, 0.2) is 0 Å². The van der Waals surface area contributed by atoms with E-state index in [1.807, 2.05) is 19.1 Å². The van der Waals surface area contributed by atoms with Gasteiger partial charge in [-0.3, -0.25) is 14.5 Å². The SMILES string of the molecule is Cc1ccc(C)c(/C(O)=C2\C(=O)C(=O)N(c3ccc(F)cc3)C2c2ccc(Cl)c(Cl)c2)c1. The molecular weight excluding hydrogens is 452 g/mol. The lowest BCUT2D eigenvalue weighted by Gasteiger charge is -2.26. The van der Waals surface area contributed by atoms with Gasteiger partial charge in [0.2, 0.25) is 0 Å². The topological polar surface area (TPSA) is 57.6 Å². The van der Waals surface area contributed by atoms with E-state index in [9.17, 15) is 19.1 Å². The maximum absolute atomic E-state index is 13.5. The molecule has 1 saturated heterocycles. The van der Waals surface area contributed by atoms with E-state index >= 15 is 0 Å². The molecule has 0 bridgehead atoms. The molecule has 162 valence electrons. The number of anilines is 1. The summed E-state index contributed by atoms with van der Waals surface area (Å²) in [5, 5.41) is 11.8. The summed E-state index contributed by atoms with van der Waals surface area (Å²) in [7, 11) is 0. The molecule has 0 aromatic heterocycles. The van der Waals surface area contributed by atoms with Gasteiger partial charge in [-0.2, -0.15) is 0 Å². The average Bonchev–Trinajstić information content (AvgIpc) is 3.03. The number of nitrogens with zero attached hydrogens (tertiary/aromatic N) is 1. The highest BCUT2D eigenvalue weighted by Gasteiger charge is 2.47. The number of carbonyl (C=O) groups excluding carboxylic acids is 2. The fourth-order valence-corrected chi connectivity index (χ4v) is 4.14. The fraction of sp³-hybridized carbons (Fsp3) is 0.120. The van der Waals surface area contributed by atoms with Crippen molar-refractivity contribution in [3.63, 3.8) is 0 Å². The van der Waals surface area contributed by atoms with E-state index in [4.69, 9.17) is 23.2 Å². The summed E-state index contributed by atoms with van der Waals surface area (Å²) in [6, 6.07) is 14.4. The van der Waals surface area contributed by atoms with Gasteiger partial charge in [0, 0.05) is 11.3 Å². The molecule has 4 nitrogen and oxygen atoms in total. The number of benzene rings is 3. The summed E-state index contributed by atoms with van der Waals surface area (Å²) >= 11 is 12.3. The molecule has 0 radical (unpaired) electrons. The van der Waals surface area contributed by atoms with E-state index in [0.29, 0.717) is 21.8 Å². The number of carbonyl (C=O) groups is 2. The zero-order chi connectivity index (χ0) is 23.2. The standard InChI is InChI=1S/C25H18Cl2FNO3/c1-13-3-4-14(2)18(11-13)23(30)21-22(15-5-10-19(26)20(27)12-15)29(25(32)24(21)31)17-8-6-16(28)7-9-17/h3-12,22,30H,1-2H3/b23-21+. The van der Waals surface area contributed by atoms with Gasteiger partial charge < -0.3 is 5.11 Å². The number of hydrogen-bond donors (Lipinski definition) is 1. The molecule has 3 aromatic carbocycles. The first-order chi connectivity index (χ1) is 15.2. The zero-order valence-corrected chi connectivity index (χ0v) is 18.7. The van der Waals surface area contributed by atoms with Crippen molar-refractivity contribution in [1.29, 1.82) is 0 Å². The molecule has 1 N–H and O–H groups in total. The molecule has 4 rings (SSSR count). The van der Waals surface area contributed by atoms with Gasteiger partial charge in [0.25, 0.3) is 11.7 Å². The molecule has 1 unspecified atom stereocenters. The van der Waals surface area contributed by atoms with Crippen LogP contribution in [0.3, 0.4) is 0 Å².